The largest absolute Gasteiger partial charge is 0.293 e. The molecule has 1 saturated heterocycles. The lowest BCUT2D eigenvalue weighted by atomic mass is 9.94. The van der Waals surface area contributed by atoms with E-state index in [0.717, 1.165) is 56.4 Å². The number of hydrogen-bond donors (Lipinski definition) is 1. The quantitative estimate of drug-likeness (QED) is 0.722. The first kappa shape index (κ1) is 20.5. The Hall–Kier alpha value is -2.25. The maximum absolute atomic E-state index is 13.1. The maximum atomic E-state index is 13.1. The zero-order valence-corrected chi connectivity index (χ0v) is 17.2. The second-order valence-electron chi connectivity index (χ2n) is 7.38. The third-order valence-corrected chi connectivity index (χ3v) is 5.60. The molecule has 0 radical (unpaired) electrons. The smallest absolute Gasteiger partial charge is 0.229 e. The predicted octanol–water partition coefficient (Wildman–Crippen LogP) is 3.04. The average Bonchev–Trinajstić information content (AvgIpc) is 2.65. The molecule has 1 unspecified atom stereocenters. The van der Waals surface area contributed by atoms with Gasteiger partial charge in [-0.3, -0.25) is 19.4 Å². The van der Waals surface area contributed by atoms with E-state index in [9.17, 15) is 13.2 Å². The molecule has 150 valence electrons. The van der Waals surface area contributed by atoms with Gasteiger partial charge in [-0.15, -0.1) is 0 Å². The van der Waals surface area contributed by atoms with E-state index in [2.05, 4.69) is 14.6 Å². The molecule has 1 atom stereocenters. The van der Waals surface area contributed by atoms with E-state index in [4.69, 9.17) is 0 Å². The van der Waals surface area contributed by atoms with Crippen molar-refractivity contribution in [3.05, 3.63) is 59.4 Å². The summed E-state index contributed by atoms with van der Waals surface area (Å²) in [6.45, 7) is 3.70. The highest BCUT2D eigenvalue weighted by Crippen LogP contribution is 2.22. The molecule has 1 aromatic heterocycles. The van der Waals surface area contributed by atoms with Gasteiger partial charge in [0.15, 0.2) is 5.78 Å². The van der Waals surface area contributed by atoms with Gasteiger partial charge in [0.1, 0.15) is 0 Å². The van der Waals surface area contributed by atoms with Gasteiger partial charge < -0.3 is 0 Å². The molecule has 3 rings (SSSR count). The minimum Gasteiger partial charge on any atom is -0.293 e. The maximum Gasteiger partial charge on any atom is 0.229 e. The van der Waals surface area contributed by atoms with Crippen LogP contribution in [0.3, 0.4) is 0 Å². The van der Waals surface area contributed by atoms with Gasteiger partial charge in [0.2, 0.25) is 10.0 Å². The number of aryl methyl sites for hydroxylation is 1. The number of hydrogen-bond acceptors (Lipinski definition) is 5. The van der Waals surface area contributed by atoms with Crippen molar-refractivity contribution < 1.29 is 13.2 Å². The molecule has 2 heterocycles. The Labute approximate surface area is 167 Å². The number of pyridine rings is 1. The summed E-state index contributed by atoms with van der Waals surface area (Å²) < 4.78 is 25.1. The van der Waals surface area contributed by atoms with Crippen LogP contribution < -0.4 is 4.72 Å². The Morgan fingerprint density at radius 3 is 2.61 bits per heavy atom. The van der Waals surface area contributed by atoms with Crippen LogP contribution in [0.5, 0.6) is 0 Å². The predicted molar refractivity (Wildman–Crippen MR) is 111 cm³/mol. The van der Waals surface area contributed by atoms with Crippen molar-refractivity contribution in [1.29, 1.82) is 0 Å². The van der Waals surface area contributed by atoms with Gasteiger partial charge >= 0.3 is 0 Å². The summed E-state index contributed by atoms with van der Waals surface area (Å²) in [6, 6.07) is 12.6. The van der Waals surface area contributed by atoms with Crippen molar-refractivity contribution >= 4 is 21.5 Å². The summed E-state index contributed by atoms with van der Waals surface area (Å²) in [5.41, 5.74) is 3.13. The van der Waals surface area contributed by atoms with Gasteiger partial charge in [-0.05, 0) is 62.7 Å². The second-order valence-corrected chi connectivity index (χ2v) is 9.13. The normalized spacial score (nSPS) is 18.0. The summed E-state index contributed by atoms with van der Waals surface area (Å²) in [4.78, 5) is 19.9. The van der Waals surface area contributed by atoms with E-state index in [1.807, 2.05) is 25.1 Å². The number of carbonyl (C=O) groups excluding carboxylic acids is 1. The molecule has 1 aliphatic heterocycles. The number of sulfonamides is 1. The number of rotatable bonds is 7. The summed E-state index contributed by atoms with van der Waals surface area (Å²) in [6.07, 6.45) is 4.92. The molecule has 0 spiro atoms. The summed E-state index contributed by atoms with van der Waals surface area (Å²) in [7, 11) is -3.33. The van der Waals surface area contributed by atoms with Gasteiger partial charge in [-0.25, -0.2) is 8.42 Å². The van der Waals surface area contributed by atoms with E-state index in [0.29, 0.717) is 11.3 Å². The van der Waals surface area contributed by atoms with Crippen molar-refractivity contribution in [2.45, 2.75) is 38.6 Å². The molecule has 1 aliphatic rings. The first-order valence-electron chi connectivity index (χ1n) is 9.60. The van der Waals surface area contributed by atoms with Crippen LogP contribution in [0, 0.1) is 6.92 Å². The lowest BCUT2D eigenvalue weighted by Crippen LogP contribution is -2.45. The van der Waals surface area contributed by atoms with Gasteiger partial charge in [0.25, 0.3) is 0 Å². The summed E-state index contributed by atoms with van der Waals surface area (Å²) in [5.74, 6) is 0.0998. The van der Waals surface area contributed by atoms with Gasteiger partial charge in [0.05, 0.1) is 12.3 Å². The molecule has 28 heavy (non-hydrogen) atoms. The van der Waals surface area contributed by atoms with Crippen LogP contribution in [0.2, 0.25) is 0 Å². The number of nitrogens with zero attached hydrogens (tertiary/aromatic N) is 2. The monoisotopic (exact) mass is 401 g/mol. The topological polar surface area (TPSA) is 79.4 Å². The third-order valence-electron chi connectivity index (χ3n) is 4.99. The standard InChI is InChI=1S/C21H27N3O3S/c1-16-6-5-7-18(22-16)13-15-24-14-4-3-8-20(24)21(25)17-9-11-19(12-10-17)23-28(2,26)27/h5-7,9-12,20,23H,3-4,8,13-15H2,1-2H3. The number of piperidine rings is 1. The molecule has 7 heteroatoms. The van der Waals surface area contributed by atoms with Crippen molar-refractivity contribution in [2.24, 2.45) is 0 Å². The molecule has 1 aromatic carbocycles. The van der Waals surface area contributed by atoms with Crippen LogP contribution in [-0.4, -0.2) is 49.5 Å². The van der Waals surface area contributed by atoms with Crippen molar-refractivity contribution in [2.75, 3.05) is 24.1 Å². The highest BCUT2D eigenvalue weighted by atomic mass is 32.2. The molecule has 2 aromatic rings. The molecule has 0 bridgehead atoms. The number of carbonyl (C=O) groups is 1. The fourth-order valence-corrected chi connectivity index (χ4v) is 4.23. The fourth-order valence-electron chi connectivity index (χ4n) is 3.66. The zero-order chi connectivity index (χ0) is 20.1. The lowest BCUT2D eigenvalue weighted by Gasteiger charge is -2.34. The second kappa shape index (κ2) is 8.84. The van der Waals surface area contributed by atoms with Crippen LogP contribution in [0.25, 0.3) is 0 Å². The molecule has 6 nitrogen and oxygen atoms in total. The Morgan fingerprint density at radius 1 is 1.18 bits per heavy atom. The molecule has 1 N–H and O–H groups in total. The number of nitrogens with one attached hydrogen (secondary N) is 1. The summed E-state index contributed by atoms with van der Waals surface area (Å²) in [5, 5.41) is 0. The van der Waals surface area contributed by atoms with Gasteiger partial charge in [0, 0.05) is 35.6 Å². The molecule has 0 aliphatic carbocycles. The van der Waals surface area contributed by atoms with Gasteiger partial charge in [-0.1, -0.05) is 12.5 Å². The van der Waals surface area contributed by atoms with Crippen molar-refractivity contribution in [3.8, 4) is 0 Å². The van der Waals surface area contributed by atoms with E-state index in [1.165, 1.54) is 0 Å². The van der Waals surface area contributed by atoms with Crippen LogP contribution in [0.1, 0.15) is 41.0 Å². The SMILES string of the molecule is Cc1cccc(CCN2CCCCC2C(=O)c2ccc(NS(C)(=O)=O)cc2)n1. The first-order chi connectivity index (χ1) is 13.3. The van der Waals surface area contributed by atoms with E-state index < -0.39 is 10.0 Å². The highest BCUT2D eigenvalue weighted by Gasteiger charge is 2.29. The Bertz CT molecular complexity index is 926. The number of benzene rings is 1. The molecule has 1 fully saturated rings. The Kier molecular flexibility index (Phi) is 6.46. The number of anilines is 1. The number of ketones is 1. The van der Waals surface area contributed by atoms with Crippen LogP contribution in [0.15, 0.2) is 42.5 Å². The zero-order valence-electron chi connectivity index (χ0n) is 16.4. The van der Waals surface area contributed by atoms with Crippen molar-refractivity contribution in [1.82, 2.24) is 9.88 Å². The van der Waals surface area contributed by atoms with E-state index >= 15 is 0 Å². The molecular weight excluding hydrogens is 374 g/mol. The number of likely N-dealkylation sites (tertiary alicyclic amines) is 1. The average molecular weight is 402 g/mol. The van der Waals surface area contributed by atoms with Crippen LogP contribution >= 0.6 is 0 Å². The van der Waals surface area contributed by atoms with Crippen molar-refractivity contribution in [3.63, 3.8) is 0 Å². The molecule has 0 saturated carbocycles. The number of aromatic nitrogens is 1. The Balaban J connectivity index is 1.68. The van der Waals surface area contributed by atoms with Gasteiger partial charge in [-0.2, -0.15) is 0 Å². The van der Waals surface area contributed by atoms with E-state index in [-0.39, 0.29) is 11.8 Å². The third kappa shape index (κ3) is 5.62. The Morgan fingerprint density at radius 2 is 1.93 bits per heavy atom. The van der Waals surface area contributed by atoms with E-state index in [1.54, 1.807) is 24.3 Å². The first-order valence-corrected chi connectivity index (χ1v) is 11.5. The lowest BCUT2D eigenvalue weighted by molar-refractivity contribution is 0.0748. The molecular formula is C21H27N3O3S. The molecule has 0 amide bonds. The number of Topliss-reactive ketones (excluding diaryl/α,β-unsaturated/α-hetero) is 1. The fraction of sp³-hybridized carbons (Fsp3) is 0.429. The minimum absolute atomic E-state index is 0.0998. The minimum atomic E-state index is -3.33. The van der Waals surface area contributed by atoms with Crippen LogP contribution in [-0.2, 0) is 16.4 Å². The highest BCUT2D eigenvalue weighted by molar-refractivity contribution is 7.92. The van der Waals surface area contributed by atoms with Crippen LogP contribution in [0.4, 0.5) is 5.69 Å². The summed E-state index contributed by atoms with van der Waals surface area (Å²) >= 11 is 0.